The number of primary amides is 1. The molecule has 0 rings (SSSR count). The van der Waals surface area contributed by atoms with E-state index in [1.165, 1.54) is 13.5 Å². The van der Waals surface area contributed by atoms with E-state index in [9.17, 15) is 4.79 Å². The van der Waals surface area contributed by atoms with Crippen LogP contribution in [0.2, 0.25) is 0 Å². The summed E-state index contributed by atoms with van der Waals surface area (Å²) in [6.07, 6.45) is 0.499. The largest absolute Gasteiger partial charge is 0.453 e. The Labute approximate surface area is 68.1 Å². The summed E-state index contributed by atoms with van der Waals surface area (Å²) >= 11 is 0. The van der Waals surface area contributed by atoms with Gasteiger partial charge in [0.05, 0.1) is 7.11 Å². The second-order valence-electron chi connectivity index (χ2n) is 1.88. The standard InChI is InChI=1S/C5H13N.C2H5NO2/c1-3-5-6-4-2;1-5-2(3)4/h6H,3-5H2,1-2H3;1H3,(H2,3,4). The number of carbonyl (C=O) groups excluding carboxylic acids is 1. The zero-order valence-corrected chi connectivity index (χ0v) is 7.52. The molecule has 0 saturated heterocycles. The van der Waals surface area contributed by atoms with E-state index in [0.717, 1.165) is 13.1 Å². The Morgan fingerprint density at radius 3 is 2.09 bits per heavy atom. The third-order valence-electron chi connectivity index (χ3n) is 0.878. The molecule has 4 nitrogen and oxygen atoms in total. The van der Waals surface area contributed by atoms with Crippen LogP contribution in [0.15, 0.2) is 0 Å². The molecule has 1 amide bonds. The smallest absolute Gasteiger partial charge is 0.404 e. The van der Waals surface area contributed by atoms with Crippen LogP contribution >= 0.6 is 0 Å². The van der Waals surface area contributed by atoms with Gasteiger partial charge in [0.1, 0.15) is 0 Å². The van der Waals surface area contributed by atoms with Gasteiger partial charge < -0.3 is 15.8 Å². The number of ether oxygens (including phenoxy) is 1. The molecular weight excluding hydrogens is 144 g/mol. The van der Waals surface area contributed by atoms with Gasteiger partial charge in [0.25, 0.3) is 0 Å². The van der Waals surface area contributed by atoms with E-state index in [2.05, 4.69) is 29.6 Å². The maximum Gasteiger partial charge on any atom is 0.404 e. The van der Waals surface area contributed by atoms with E-state index in [-0.39, 0.29) is 0 Å². The van der Waals surface area contributed by atoms with Crippen LogP contribution in [0.1, 0.15) is 20.3 Å². The summed E-state index contributed by atoms with van der Waals surface area (Å²) in [5.74, 6) is 0. The lowest BCUT2D eigenvalue weighted by Crippen LogP contribution is -2.12. The van der Waals surface area contributed by atoms with Gasteiger partial charge in [0.2, 0.25) is 0 Å². The normalized spacial score (nSPS) is 7.91. The Kier molecular flexibility index (Phi) is 14.0. The van der Waals surface area contributed by atoms with Gasteiger partial charge in [0.15, 0.2) is 0 Å². The minimum Gasteiger partial charge on any atom is -0.453 e. The van der Waals surface area contributed by atoms with Gasteiger partial charge in [-0.1, -0.05) is 13.8 Å². The molecule has 0 aliphatic carbocycles. The molecule has 0 heterocycles. The van der Waals surface area contributed by atoms with E-state index in [1.807, 2.05) is 0 Å². The molecule has 0 aromatic rings. The maximum atomic E-state index is 9.37. The Bertz CT molecular complexity index is 82.5. The van der Waals surface area contributed by atoms with Crippen LogP contribution in [-0.2, 0) is 4.74 Å². The van der Waals surface area contributed by atoms with Gasteiger partial charge in [0, 0.05) is 0 Å². The summed E-state index contributed by atoms with van der Waals surface area (Å²) in [5.41, 5.74) is 4.43. The maximum absolute atomic E-state index is 9.37. The predicted octanol–water partition coefficient (Wildman–Crippen LogP) is 0.717. The predicted molar refractivity (Wildman–Crippen MR) is 45.4 cm³/mol. The first-order chi connectivity index (χ1) is 5.18. The second-order valence-corrected chi connectivity index (χ2v) is 1.88. The van der Waals surface area contributed by atoms with Crippen molar-refractivity contribution in [2.24, 2.45) is 5.73 Å². The van der Waals surface area contributed by atoms with Crippen molar-refractivity contribution in [3.63, 3.8) is 0 Å². The zero-order chi connectivity index (χ0) is 9.11. The summed E-state index contributed by atoms with van der Waals surface area (Å²) in [7, 11) is 1.22. The Morgan fingerprint density at radius 2 is 2.00 bits per heavy atom. The molecule has 0 bridgehead atoms. The van der Waals surface area contributed by atoms with Gasteiger partial charge in [-0.05, 0) is 19.5 Å². The lowest BCUT2D eigenvalue weighted by Gasteiger charge is -1.91. The van der Waals surface area contributed by atoms with Crippen LogP contribution < -0.4 is 11.1 Å². The number of hydrogen-bond donors (Lipinski definition) is 2. The van der Waals surface area contributed by atoms with Crippen molar-refractivity contribution in [2.45, 2.75) is 20.3 Å². The first-order valence-corrected chi connectivity index (χ1v) is 3.73. The van der Waals surface area contributed by atoms with Gasteiger partial charge in [-0.2, -0.15) is 0 Å². The average molecular weight is 162 g/mol. The van der Waals surface area contributed by atoms with Crippen LogP contribution in [0.25, 0.3) is 0 Å². The Hall–Kier alpha value is -0.770. The third-order valence-corrected chi connectivity index (χ3v) is 0.878. The van der Waals surface area contributed by atoms with Crippen molar-refractivity contribution in [3.8, 4) is 0 Å². The van der Waals surface area contributed by atoms with E-state index in [0.29, 0.717) is 0 Å². The van der Waals surface area contributed by atoms with Gasteiger partial charge in [-0.3, -0.25) is 0 Å². The number of methoxy groups -OCH3 is 1. The summed E-state index contributed by atoms with van der Waals surface area (Å²) < 4.78 is 3.89. The van der Waals surface area contributed by atoms with Crippen molar-refractivity contribution in [3.05, 3.63) is 0 Å². The molecule has 4 heteroatoms. The van der Waals surface area contributed by atoms with Crippen LogP contribution in [-0.4, -0.2) is 26.3 Å². The molecule has 0 spiro atoms. The minimum absolute atomic E-state index is 0.745. The van der Waals surface area contributed by atoms with Crippen LogP contribution in [0.5, 0.6) is 0 Å². The molecule has 0 aromatic heterocycles. The quantitative estimate of drug-likeness (QED) is 0.601. The first-order valence-electron chi connectivity index (χ1n) is 3.73. The van der Waals surface area contributed by atoms with E-state index >= 15 is 0 Å². The number of nitrogens with one attached hydrogen (secondary N) is 1. The molecule has 0 aliphatic rings. The van der Waals surface area contributed by atoms with Gasteiger partial charge in [-0.25, -0.2) is 4.79 Å². The highest BCUT2D eigenvalue weighted by Gasteiger charge is 1.76. The topological polar surface area (TPSA) is 64.3 Å². The zero-order valence-electron chi connectivity index (χ0n) is 7.52. The molecule has 3 N–H and O–H groups in total. The average Bonchev–Trinajstić information content (AvgIpc) is 2.02. The highest BCUT2D eigenvalue weighted by Crippen LogP contribution is 1.65. The van der Waals surface area contributed by atoms with Gasteiger partial charge >= 0.3 is 6.09 Å². The summed E-state index contributed by atoms with van der Waals surface area (Å²) in [4.78, 5) is 9.37. The molecule has 68 valence electrons. The minimum atomic E-state index is -0.745. The molecule has 0 atom stereocenters. The molecule has 0 fully saturated rings. The van der Waals surface area contributed by atoms with Crippen molar-refractivity contribution < 1.29 is 9.53 Å². The Balaban J connectivity index is 0. The van der Waals surface area contributed by atoms with Crippen LogP contribution in [0, 0.1) is 0 Å². The van der Waals surface area contributed by atoms with Crippen molar-refractivity contribution in [1.29, 1.82) is 0 Å². The van der Waals surface area contributed by atoms with E-state index in [1.54, 1.807) is 0 Å². The van der Waals surface area contributed by atoms with E-state index < -0.39 is 6.09 Å². The summed E-state index contributed by atoms with van der Waals surface area (Å²) in [6, 6.07) is 0. The number of nitrogens with two attached hydrogens (primary N) is 1. The fraction of sp³-hybridized carbons (Fsp3) is 0.857. The van der Waals surface area contributed by atoms with Crippen molar-refractivity contribution in [2.75, 3.05) is 20.2 Å². The first kappa shape index (κ1) is 12.9. The highest BCUT2D eigenvalue weighted by atomic mass is 16.5. The molecule has 0 aliphatic heterocycles. The molecule has 0 aromatic carbocycles. The monoisotopic (exact) mass is 162 g/mol. The fourth-order valence-corrected chi connectivity index (χ4v) is 0.354. The lowest BCUT2D eigenvalue weighted by atomic mass is 10.5. The van der Waals surface area contributed by atoms with Gasteiger partial charge in [-0.15, -0.1) is 0 Å². The van der Waals surface area contributed by atoms with Crippen LogP contribution in [0.3, 0.4) is 0 Å². The summed E-state index contributed by atoms with van der Waals surface area (Å²) in [5, 5.41) is 3.20. The molecular formula is C7H18N2O2. The van der Waals surface area contributed by atoms with Crippen molar-refractivity contribution in [1.82, 2.24) is 5.32 Å². The number of amides is 1. The second kappa shape index (κ2) is 12.0. The molecule has 11 heavy (non-hydrogen) atoms. The molecule has 0 radical (unpaired) electrons. The SMILES string of the molecule is CCCNCC.COC(N)=O. The summed E-state index contributed by atoms with van der Waals surface area (Å²) in [6.45, 7) is 6.56. The number of hydrogen-bond acceptors (Lipinski definition) is 3. The third kappa shape index (κ3) is 27.0. The number of carbonyl (C=O) groups is 1. The van der Waals surface area contributed by atoms with Crippen LogP contribution in [0.4, 0.5) is 4.79 Å². The van der Waals surface area contributed by atoms with Crippen molar-refractivity contribution >= 4 is 6.09 Å². The fourth-order valence-electron chi connectivity index (χ4n) is 0.354. The number of rotatable bonds is 3. The lowest BCUT2D eigenvalue weighted by molar-refractivity contribution is 0.182. The molecule has 0 saturated carbocycles. The Morgan fingerprint density at radius 1 is 1.55 bits per heavy atom. The van der Waals surface area contributed by atoms with E-state index in [4.69, 9.17) is 0 Å². The molecule has 0 unspecified atom stereocenters. The highest BCUT2D eigenvalue weighted by molar-refractivity contribution is 5.64.